The molecule has 1 saturated heterocycles. The summed E-state index contributed by atoms with van der Waals surface area (Å²) in [5.41, 5.74) is 0.646. The van der Waals surface area contributed by atoms with Gasteiger partial charge in [-0.15, -0.1) is 0 Å². The van der Waals surface area contributed by atoms with Gasteiger partial charge in [0, 0.05) is 41.2 Å². The molecule has 0 atom stereocenters. The highest BCUT2D eigenvalue weighted by Gasteiger charge is 2.25. The molecule has 0 unspecified atom stereocenters. The quantitative estimate of drug-likeness (QED) is 0.795. The van der Waals surface area contributed by atoms with Crippen LogP contribution in [0.15, 0.2) is 22.7 Å². The fourth-order valence-electron chi connectivity index (χ4n) is 2.89. The zero-order valence-electron chi connectivity index (χ0n) is 12.6. The molecule has 0 saturated carbocycles. The summed E-state index contributed by atoms with van der Waals surface area (Å²) >= 11 is 9.42. The lowest BCUT2D eigenvalue weighted by atomic mass is 10.0. The van der Waals surface area contributed by atoms with Gasteiger partial charge in [-0.05, 0) is 44.0 Å². The minimum atomic E-state index is 0.0483. The van der Waals surface area contributed by atoms with Crippen LogP contribution in [0, 0.1) is 0 Å². The predicted octanol–water partition coefficient (Wildman–Crippen LogP) is 4.05. The summed E-state index contributed by atoms with van der Waals surface area (Å²) in [5.74, 6) is 0.0483. The molecule has 5 heteroatoms. The summed E-state index contributed by atoms with van der Waals surface area (Å²) in [6, 6.07) is 5.68. The van der Waals surface area contributed by atoms with E-state index < -0.39 is 0 Å². The van der Waals surface area contributed by atoms with Crippen LogP contribution in [0.2, 0.25) is 5.02 Å². The second-order valence-electron chi connectivity index (χ2n) is 5.65. The van der Waals surface area contributed by atoms with Gasteiger partial charge in [0.2, 0.25) is 0 Å². The van der Waals surface area contributed by atoms with E-state index in [0.29, 0.717) is 16.6 Å². The van der Waals surface area contributed by atoms with E-state index in [-0.39, 0.29) is 5.91 Å². The summed E-state index contributed by atoms with van der Waals surface area (Å²) < 4.78 is 0.838. The third kappa shape index (κ3) is 4.44. The van der Waals surface area contributed by atoms with Gasteiger partial charge < -0.3 is 9.80 Å². The fourth-order valence-corrected chi connectivity index (χ4v) is 3.75. The van der Waals surface area contributed by atoms with Crippen LogP contribution in [0.4, 0.5) is 0 Å². The molecule has 21 heavy (non-hydrogen) atoms. The maximum Gasteiger partial charge on any atom is 0.253 e. The summed E-state index contributed by atoms with van der Waals surface area (Å²) in [5, 5.41) is 0.582. The van der Waals surface area contributed by atoms with Gasteiger partial charge >= 0.3 is 0 Å². The van der Waals surface area contributed by atoms with Crippen molar-refractivity contribution in [1.82, 2.24) is 9.80 Å². The second-order valence-corrected chi connectivity index (χ2v) is 7.00. The molecule has 116 valence electrons. The number of piperidine rings is 1. The van der Waals surface area contributed by atoms with Gasteiger partial charge in [-0.25, -0.2) is 0 Å². The number of benzene rings is 1. The van der Waals surface area contributed by atoms with Crippen molar-refractivity contribution in [2.75, 3.05) is 26.7 Å². The SMILES string of the molecule is CCCN1CCC(N(C)C(=O)c2cc(Cl)cc(Br)c2)CC1. The van der Waals surface area contributed by atoms with Crippen LogP contribution in [0.5, 0.6) is 0 Å². The molecule has 0 radical (unpaired) electrons. The highest BCUT2D eigenvalue weighted by molar-refractivity contribution is 9.10. The Bertz CT molecular complexity index is 481. The lowest BCUT2D eigenvalue weighted by Gasteiger charge is -2.36. The minimum absolute atomic E-state index is 0.0483. The van der Waals surface area contributed by atoms with Gasteiger partial charge in [0.25, 0.3) is 5.91 Å². The van der Waals surface area contributed by atoms with Gasteiger partial charge in [-0.2, -0.15) is 0 Å². The minimum Gasteiger partial charge on any atom is -0.339 e. The molecule has 0 aromatic heterocycles. The Labute approximate surface area is 140 Å². The monoisotopic (exact) mass is 372 g/mol. The molecule has 1 fully saturated rings. The van der Waals surface area contributed by atoms with Crippen molar-refractivity contribution < 1.29 is 4.79 Å². The largest absolute Gasteiger partial charge is 0.339 e. The van der Waals surface area contributed by atoms with Gasteiger partial charge in [-0.3, -0.25) is 4.79 Å². The van der Waals surface area contributed by atoms with Crippen molar-refractivity contribution in [1.29, 1.82) is 0 Å². The molecule has 0 spiro atoms. The molecule has 3 nitrogen and oxygen atoms in total. The van der Waals surface area contributed by atoms with Crippen molar-refractivity contribution in [2.24, 2.45) is 0 Å². The molecule has 1 aromatic rings. The molecule has 0 aliphatic carbocycles. The third-order valence-corrected chi connectivity index (χ3v) is 4.75. The molecule has 1 amide bonds. The van der Waals surface area contributed by atoms with Crippen molar-refractivity contribution in [3.8, 4) is 0 Å². The number of rotatable bonds is 4. The highest BCUT2D eigenvalue weighted by atomic mass is 79.9. The van der Waals surface area contributed by atoms with E-state index >= 15 is 0 Å². The Hall–Kier alpha value is -0.580. The van der Waals surface area contributed by atoms with Crippen molar-refractivity contribution in [3.63, 3.8) is 0 Å². The van der Waals surface area contributed by atoms with Crippen LogP contribution in [-0.4, -0.2) is 48.4 Å². The predicted molar refractivity (Wildman–Crippen MR) is 91.0 cm³/mol. The van der Waals surface area contributed by atoms with Crippen molar-refractivity contribution in [3.05, 3.63) is 33.3 Å². The molecule has 1 aliphatic rings. The zero-order chi connectivity index (χ0) is 15.4. The number of nitrogens with zero attached hydrogens (tertiary/aromatic N) is 2. The van der Waals surface area contributed by atoms with Gasteiger partial charge in [0.05, 0.1) is 0 Å². The van der Waals surface area contributed by atoms with E-state index in [1.165, 1.54) is 6.42 Å². The third-order valence-electron chi connectivity index (χ3n) is 4.07. The Balaban J connectivity index is 2.00. The summed E-state index contributed by atoms with van der Waals surface area (Å²) in [6.45, 7) is 5.52. The Morgan fingerprint density at radius 3 is 2.62 bits per heavy atom. The Kier molecular flexibility index (Phi) is 6.08. The lowest BCUT2D eigenvalue weighted by molar-refractivity contribution is 0.0642. The molecule has 1 aromatic carbocycles. The maximum atomic E-state index is 12.6. The van der Waals surface area contributed by atoms with Crippen LogP contribution >= 0.6 is 27.5 Å². The first-order valence-corrected chi connectivity index (χ1v) is 8.64. The lowest BCUT2D eigenvalue weighted by Crippen LogP contribution is -2.45. The first-order chi connectivity index (χ1) is 10.0. The van der Waals surface area contributed by atoms with Crippen molar-refractivity contribution >= 4 is 33.4 Å². The molecule has 2 rings (SSSR count). The molecule has 1 heterocycles. The second kappa shape index (κ2) is 7.61. The maximum absolute atomic E-state index is 12.6. The number of carbonyl (C=O) groups is 1. The number of hydrogen-bond donors (Lipinski definition) is 0. The number of hydrogen-bond acceptors (Lipinski definition) is 2. The normalized spacial score (nSPS) is 17.0. The fraction of sp³-hybridized carbons (Fsp3) is 0.562. The van der Waals surface area contributed by atoms with Crippen LogP contribution in [0.3, 0.4) is 0 Å². The van der Waals surface area contributed by atoms with Crippen LogP contribution in [0.25, 0.3) is 0 Å². The van der Waals surface area contributed by atoms with Gasteiger partial charge in [0.1, 0.15) is 0 Å². The first-order valence-electron chi connectivity index (χ1n) is 7.47. The molecule has 1 aliphatic heterocycles. The molecule has 0 bridgehead atoms. The number of amides is 1. The molecular weight excluding hydrogens is 352 g/mol. The van der Waals surface area contributed by atoms with E-state index in [1.54, 1.807) is 12.1 Å². The number of carbonyl (C=O) groups excluding carboxylic acids is 1. The van der Waals surface area contributed by atoms with E-state index in [9.17, 15) is 4.79 Å². The zero-order valence-corrected chi connectivity index (χ0v) is 15.0. The average molecular weight is 374 g/mol. The standard InChI is InChI=1S/C16H22BrClN2O/c1-3-6-20-7-4-15(5-8-20)19(2)16(21)12-9-13(17)11-14(18)10-12/h9-11,15H,3-8H2,1-2H3. The highest BCUT2D eigenvalue weighted by Crippen LogP contribution is 2.23. The summed E-state index contributed by atoms with van der Waals surface area (Å²) in [7, 11) is 1.90. The van der Waals surface area contributed by atoms with Crippen LogP contribution in [-0.2, 0) is 0 Å². The topological polar surface area (TPSA) is 23.6 Å². The number of halogens is 2. The summed E-state index contributed by atoms with van der Waals surface area (Å²) in [6.07, 6.45) is 3.28. The number of likely N-dealkylation sites (tertiary alicyclic amines) is 1. The van der Waals surface area contributed by atoms with Crippen molar-refractivity contribution in [2.45, 2.75) is 32.2 Å². The van der Waals surface area contributed by atoms with Crippen LogP contribution in [0.1, 0.15) is 36.5 Å². The first kappa shape index (κ1) is 16.8. The van der Waals surface area contributed by atoms with E-state index in [1.807, 2.05) is 18.0 Å². The van der Waals surface area contributed by atoms with E-state index in [4.69, 9.17) is 11.6 Å². The van der Waals surface area contributed by atoms with E-state index in [2.05, 4.69) is 27.8 Å². The smallest absolute Gasteiger partial charge is 0.253 e. The van der Waals surface area contributed by atoms with Gasteiger partial charge in [-0.1, -0.05) is 34.5 Å². The van der Waals surface area contributed by atoms with E-state index in [0.717, 1.165) is 36.9 Å². The average Bonchev–Trinajstić information content (AvgIpc) is 2.46. The molecule has 0 N–H and O–H groups in total. The Morgan fingerprint density at radius 1 is 1.38 bits per heavy atom. The summed E-state index contributed by atoms with van der Waals surface area (Å²) in [4.78, 5) is 16.9. The van der Waals surface area contributed by atoms with Gasteiger partial charge in [0.15, 0.2) is 0 Å². The van der Waals surface area contributed by atoms with Crippen LogP contribution < -0.4 is 0 Å². The Morgan fingerprint density at radius 2 is 2.05 bits per heavy atom. The molecular formula is C16H22BrClN2O.